The molecule has 0 aliphatic carbocycles. The molecule has 0 atom stereocenters. The van der Waals surface area contributed by atoms with Crippen LogP contribution in [0.15, 0.2) is 34.6 Å². The molecule has 9 nitrogen and oxygen atoms in total. The minimum atomic E-state index is 0.454. The molecule has 0 spiro atoms. The lowest BCUT2D eigenvalue weighted by atomic mass is 10.1. The first-order chi connectivity index (χ1) is 13.1. The summed E-state index contributed by atoms with van der Waals surface area (Å²) in [5.41, 5.74) is 9.38. The van der Waals surface area contributed by atoms with E-state index in [9.17, 15) is 0 Å². The molecule has 9 heteroatoms. The van der Waals surface area contributed by atoms with E-state index in [1.54, 1.807) is 25.6 Å². The zero-order chi connectivity index (χ0) is 19.2. The van der Waals surface area contributed by atoms with Gasteiger partial charge in [-0.15, -0.1) is 0 Å². The Bertz CT molecular complexity index is 878. The van der Waals surface area contributed by atoms with Gasteiger partial charge in [0.15, 0.2) is 5.75 Å². The van der Waals surface area contributed by atoms with Crippen LogP contribution in [0.25, 0.3) is 0 Å². The molecule has 5 N–H and O–H groups in total. The van der Waals surface area contributed by atoms with E-state index in [1.807, 2.05) is 20.0 Å². The lowest BCUT2D eigenvalue weighted by Crippen LogP contribution is -2.28. The second kappa shape index (κ2) is 8.45. The summed E-state index contributed by atoms with van der Waals surface area (Å²) in [5, 5.41) is 9.40. The summed E-state index contributed by atoms with van der Waals surface area (Å²) in [6.07, 6.45) is 4.20. The van der Waals surface area contributed by atoms with Crippen molar-refractivity contribution < 1.29 is 4.74 Å². The van der Waals surface area contributed by atoms with Crippen LogP contribution in [0.4, 0.5) is 23.3 Å². The van der Waals surface area contributed by atoms with Crippen molar-refractivity contribution >= 4 is 29.5 Å². The quantitative estimate of drug-likeness (QED) is 0.570. The second-order valence-corrected chi connectivity index (χ2v) is 6.07. The van der Waals surface area contributed by atoms with Crippen LogP contribution in [0.3, 0.4) is 0 Å². The van der Waals surface area contributed by atoms with E-state index in [2.05, 4.69) is 35.9 Å². The summed E-state index contributed by atoms with van der Waals surface area (Å²) in [5.74, 6) is 2.32. The van der Waals surface area contributed by atoms with Crippen LogP contribution in [-0.2, 0) is 0 Å². The van der Waals surface area contributed by atoms with Crippen LogP contribution in [0, 0.1) is 6.92 Å². The number of aromatic nitrogens is 3. The molecule has 2 aromatic rings. The SMILES string of the molecule is CNc1cc(C)nc(Nc2cc(N=CC3=C(N)CCNC3)c(OC)cn2)n1. The maximum absolute atomic E-state index is 6.06. The second-order valence-electron chi connectivity index (χ2n) is 6.07. The van der Waals surface area contributed by atoms with Gasteiger partial charge in [-0.2, -0.15) is 4.98 Å². The normalized spacial score (nSPS) is 14.5. The number of hydrogen-bond acceptors (Lipinski definition) is 9. The molecule has 3 rings (SSSR count). The summed E-state index contributed by atoms with van der Waals surface area (Å²) in [6.45, 7) is 3.50. The predicted octanol–water partition coefficient (Wildman–Crippen LogP) is 1.88. The monoisotopic (exact) mass is 368 g/mol. The Morgan fingerprint density at radius 1 is 1.30 bits per heavy atom. The number of ether oxygens (including phenoxy) is 1. The first kappa shape index (κ1) is 18.6. The number of nitrogens with zero attached hydrogens (tertiary/aromatic N) is 4. The first-order valence-corrected chi connectivity index (χ1v) is 8.66. The van der Waals surface area contributed by atoms with Gasteiger partial charge in [-0.25, -0.2) is 9.97 Å². The zero-order valence-electron chi connectivity index (χ0n) is 15.7. The molecule has 0 amide bonds. The number of nitrogens with one attached hydrogen (secondary N) is 3. The Morgan fingerprint density at radius 3 is 2.89 bits per heavy atom. The van der Waals surface area contributed by atoms with Crippen molar-refractivity contribution in [2.24, 2.45) is 10.7 Å². The van der Waals surface area contributed by atoms with E-state index >= 15 is 0 Å². The summed E-state index contributed by atoms with van der Waals surface area (Å²) in [7, 11) is 3.40. The van der Waals surface area contributed by atoms with Crippen molar-refractivity contribution in [3.05, 3.63) is 35.3 Å². The van der Waals surface area contributed by atoms with Crippen LogP contribution in [0.5, 0.6) is 5.75 Å². The van der Waals surface area contributed by atoms with Crippen LogP contribution in [0.1, 0.15) is 12.1 Å². The van der Waals surface area contributed by atoms with Crippen LogP contribution >= 0.6 is 0 Å². The molecule has 0 bridgehead atoms. The third-order valence-electron chi connectivity index (χ3n) is 4.08. The maximum atomic E-state index is 6.06. The zero-order valence-corrected chi connectivity index (χ0v) is 15.7. The summed E-state index contributed by atoms with van der Waals surface area (Å²) in [6, 6.07) is 3.64. The minimum Gasteiger partial charge on any atom is -0.493 e. The number of rotatable bonds is 6. The van der Waals surface area contributed by atoms with Crippen molar-refractivity contribution in [1.82, 2.24) is 20.3 Å². The van der Waals surface area contributed by atoms with Gasteiger partial charge in [-0.05, 0) is 13.3 Å². The molecule has 1 aliphatic heterocycles. The molecular formula is C18H24N8O. The van der Waals surface area contributed by atoms with Crippen molar-refractivity contribution in [2.75, 3.05) is 37.9 Å². The summed E-state index contributed by atoms with van der Waals surface area (Å²) >= 11 is 0. The topological polar surface area (TPSA) is 122 Å². The number of pyridine rings is 1. The molecular weight excluding hydrogens is 344 g/mol. The predicted molar refractivity (Wildman–Crippen MR) is 107 cm³/mol. The molecule has 0 aromatic carbocycles. The van der Waals surface area contributed by atoms with Gasteiger partial charge in [0.05, 0.1) is 13.3 Å². The standard InChI is InChI=1S/C18H24N8O/c1-11-6-16(20-2)25-18(24-11)26-17-7-14(15(27-3)10-23-17)22-9-12-8-21-5-4-13(12)19/h6-7,9-10,21H,4-5,8,19H2,1-3H3,(H2,20,23,24,25,26). The maximum Gasteiger partial charge on any atom is 0.230 e. The highest BCUT2D eigenvalue weighted by molar-refractivity contribution is 5.83. The summed E-state index contributed by atoms with van der Waals surface area (Å²) in [4.78, 5) is 17.6. The Kier molecular flexibility index (Phi) is 5.82. The third-order valence-corrected chi connectivity index (χ3v) is 4.08. The highest BCUT2D eigenvalue weighted by Crippen LogP contribution is 2.29. The van der Waals surface area contributed by atoms with Crippen LogP contribution in [-0.4, -0.2) is 48.4 Å². The van der Waals surface area contributed by atoms with Gasteiger partial charge in [0, 0.05) is 55.4 Å². The van der Waals surface area contributed by atoms with Crippen molar-refractivity contribution in [3.63, 3.8) is 0 Å². The number of nitrogens with two attached hydrogens (primary N) is 1. The number of aliphatic imine (C=N–C) groups is 1. The number of methoxy groups -OCH3 is 1. The number of hydrogen-bond donors (Lipinski definition) is 4. The molecule has 0 unspecified atom stereocenters. The minimum absolute atomic E-state index is 0.454. The Hall–Kier alpha value is -3.20. The van der Waals surface area contributed by atoms with Gasteiger partial charge in [0.1, 0.15) is 17.3 Å². The molecule has 0 radical (unpaired) electrons. The fourth-order valence-electron chi connectivity index (χ4n) is 2.62. The van der Waals surface area contributed by atoms with Gasteiger partial charge >= 0.3 is 0 Å². The highest BCUT2D eigenvalue weighted by Gasteiger charge is 2.10. The number of aryl methyl sites for hydroxylation is 1. The fourth-order valence-corrected chi connectivity index (χ4v) is 2.62. The van der Waals surface area contributed by atoms with E-state index in [0.717, 1.165) is 35.7 Å². The van der Waals surface area contributed by atoms with E-state index in [0.29, 0.717) is 29.7 Å². The average molecular weight is 368 g/mol. The molecule has 0 saturated heterocycles. The lowest BCUT2D eigenvalue weighted by molar-refractivity contribution is 0.414. The number of anilines is 3. The molecule has 1 aliphatic rings. The fraction of sp³-hybridized carbons (Fsp3) is 0.333. The van der Waals surface area contributed by atoms with Crippen LogP contribution in [0.2, 0.25) is 0 Å². The van der Waals surface area contributed by atoms with Crippen molar-refractivity contribution in [3.8, 4) is 5.75 Å². The third kappa shape index (κ3) is 4.70. The van der Waals surface area contributed by atoms with Gasteiger partial charge in [-0.1, -0.05) is 0 Å². The summed E-state index contributed by atoms with van der Waals surface area (Å²) < 4.78 is 5.36. The van der Waals surface area contributed by atoms with Gasteiger partial charge < -0.3 is 26.4 Å². The lowest BCUT2D eigenvalue weighted by Gasteiger charge is -2.15. The smallest absolute Gasteiger partial charge is 0.230 e. The van der Waals surface area contributed by atoms with Crippen LogP contribution < -0.4 is 26.4 Å². The molecule has 0 saturated carbocycles. The molecule has 2 aromatic heterocycles. The molecule has 0 fully saturated rings. The molecule has 27 heavy (non-hydrogen) atoms. The van der Waals surface area contributed by atoms with Crippen molar-refractivity contribution in [1.29, 1.82) is 0 Å². The van der Waals surface area contributed by atoms with Crippen molar-refractivity contribution in [2.45, 2.75) is 13.3 Å². The largest absolute Gasteiger partial charge is 0.493 e. The molecule has 3 heterocycles. The Morgan fingerprint density at radius 2 is 2.15 bits per heavy atom. The van der Waals surface area contributed by atoms with E-state index < -0.39 is 0 Å². The van der Waals surface area contributed by atoms with Gasteiger partial charge in [-0.3, -0.25) is 4.99 Å². The Labute approximate surface area is 158 Å². The first-order valence-electron chi connectivity index (χ1n) is 8.66. The van der Waals surface area contributed by atoms with E-state index in [1.165, 1.54) is 0 Å². The average Bonchev–Trinajstić information content (AvgIpc) is 2.67. The van der Waals surface area contributed by atoms with Gasteiger partial charge in [0.25, 0.3) is 0 Å². The highest BCUT2D eigenvalue weighted by atomic mass is 16.5. The van der Waals surface area contributed by atoms with E-state index in [4.69, 9.17) is 10.5 Å². The van der Waals surface area contributed by atoms with E-state index in [-0.39, 0.29) is 0 Å². The van der Waals surface area contributed by atoms with Gasteiger partial charge in [0.2, 0.25) is 5.95 Å². The Balaban J connectivity index is 1.86. The molecule has 142 valence electrons.